The Bertz CT molecular complexity index is 1630. The number of benzene rings is 2. The Kier molecular flexibility index (Phi) is 5.64. The second-order valence-corrected chi connectivity index (χ2v) is 8.92. The number of nitrogens with one attached hydrogen (secondary N) is 3. The number of fused-ring (bicyclic) bond motifs is 2. The molecule has 1 atom stereocenters. The van der Waals surface area contributed by atoms with Crippen molar-refractivity contribution in [2.24, 2.45) is 7.05 Å². The van der Waals surface area contributed by atoms with Gasteiger partial charge in [0.2, 0.25) is 5.58 Å². The number of aromatic nitrogens is 6. The van der Waals surface area contributed by atoms with Crippen LogP contribution in [0.5, 0.6) is 0 Å². The molecule has 37 heavy (non-hydrogen) atoms. The van der Waals surface area contributed by atoms with Crippen molar-refractivity contribution >= 4 is 22.9 Å². The number of hydrogen-bond acceptors (Lipinski definition) is 7. The monoisotopic (exact) mass is 495 g/mol. The number of oxazole rings is 1. The SMILES string of the molecule is C[n+]1coc2ccc(CNC(=O)c3cc(C(=O)N[C@H]4CCc5cc(-c6ncn[nH]6)ccc54)ncn3)cc21. The molecule has 0 saturated carbocycles. The summed E-state index contributed by atoms with van der Waals surface area (Å²) in [6.45, 7) is 0.306. The normalized spacial score (nSPS) is 14.5. The molecule has 0 fully saturated rings. The molecular weight excluding hydrogens is 472 g/mol. The molecule has 0 aliphatic heterocycles. The van der Waals surface area contributed by atoms with E-state index < -0.39 is 0 Å². The molecule has 6 rings (SSSR count). The summed E-state index contributed by atoms with van der Waals surface area (Å²) in [6, 6.07) is 13.0. The maximum atomic E-state index is 13.0. The first-order valence-corrected chi connectivity index (χ1v) is 11.8. The number of H-pyrrole nitrogens is 1. The summed E-state index contributed by atoms with van der Waals surface area (Å²) in [5.74, 6) is -0.0381. The van der Waals surface area contributed by atoms with Gasteiger partial charge in [0.25, 0.3) is 17.3 Å². The Morgan fingerprint density at radius 2 is 1.92 bits per heavy atom. The minimum atomic E-state index is -0.390. The van der Waals surface area contributed by atoms with Gasteiger partial charge in [-0.3, -0.25) is 14.7 Å². The Morgan fingerprint density at radius 1 is 1.05 bits per heavy atom. The van der Waals surface area contributed by atoms with Crippen LogP contribution in [-0.2, 0) is 20.0 Å². The van der Waals surface area contributed by atoms with E-state index in [1.165, 1.54) is 18.7 Å². The Hall–Kier alpha value is -4.93. The van der Waals surface area contributed by atoms with Gasteiger partial charge in [0.1, 0.15) is 31.1 Å². The summed E-state index contributed by atoms with van der Waals surface area (Å²) >= 11 is 0. The number of nitrogens with zero attached hydrogens (tertiary/aromatic N) is 5. The molecule has 3 heterocycles. The lowest BCUT2D eigenvalue weighted by molar-refractivity contribution is -0.650. The summed E-state index contributed by atoms with van der Waals surface area (Å²) in [7, 11) is 1.89. The molecule has 5 aromatic rings. The second-order valence-electron chi connectivity index (χ2n) is 8.92. The summed E-state index contributed by atoms with van der Waals surface area (Å²) in [4.78, 5) is 38.1. The predicted octanol–water partition coefficient (Wildman–Crippen LogP) is 2.18. The maximum Gasteiger partial charge on any atom is 0.335 e. The van der Waals surface area contributed by atoms with Crippen LogP contribution in [0.4, 0.5) is 0 Å². The topological polar surface area (TPSA) is 143 Å². The summed E-state index contributed by atoms with van der Waals surface area (Å²) in [5, 5.41) is 12.7. The molecule has 3 N–H and O–H groups in total. The molecule has 3 aromatic heterocycles. The van der Waals surface area contributed by atoms with Gasteiger partial charge in [0.15, 0.2) is 5.82 Å². The van der Waals surface area contributed by atoms with Crippen LogP contribution in [0.25, 0.3) is 22.5 Å². The number of hydrogen-bond donors (Lipinski definition) is 3. The first-order chi connectivity index (χ1) is 18.0. The van der Waals surface area contributed by atoms with Crippen molar-refractivity contribution in [3.63, 3.8) is 0 Å². The van der Waals surface area contributed by atoms with Crippen LogP contribution in [0.2, 0.25) is 0 Å². The smallest absolute Gasteiger partial charge is 0.335 e. The van der Waals surface area contributed by atoms with Gasteiger partial charge in [-0.25, -0.2) is 15.0 Å². The van der Waals surface area contributed by atoms with E-state index in [0.29, 0.717) is 12.4 Å². The third-order valence-electron chi connectivity index (χ3n) is 6.54. The third kappa shape index (κ3) is 4.42. The zero-order chi connectivity index (χ0) is 25.4. The van der Waals surface area contributed by atoms with Crippen LogP contribution < -0.4 is 15.2 Å². The first kappa shape index (κ1) is 22.5. The molecule has 1 aliphatic rings. The molecule has 11 nitrogen and oxygen atoms in total. The second kappa shape index (κ2) is 9.26. The van der Waals surface area contributed by atoms with Gasteiger partial charge < -0.3 is 15.1 Å². The molecule has 184 valence electrons. The quantitative estimate of drug-likeness (QED) is 0.307. The Balaban J connectivity index is 1.11. The van der Waals surface area contributed by atoms with Crippen LogP contribution in [0, 0.1) is 0 Å². The zero-order valence-electron chi connectivity index (χ0n) is 19.9. The summed E-state index contributed by atoms with van der Waals surface area (Å²) in [6.07, 6.45) is 5.94. The van der Waals surface area contributed by atoms with Gasteiger partial charge in [-0.1, -0.05) is 18.2 Å². The van der Waals surface area contributed by atoms with Gasteiger partial charge >= 0.3 is 6.39 Å². The molecule has 11 heteroatoms. The van der Waals surface area contributed by atoms with E-state index in [1.807, 2.05) is 41.9 Å². The lowest BCUT2D eigenvalue weighted by Crippen LogP contribution is -2.29. The molecule has 2 aromatic carbocycles. The van der Waals surface area contributed by atoms with Gasteiger partial charge in [-0.15, -0.1) is 0 Å². The van der Waals surface area contributed by atoms with Crippen molar-refractivity contribution in [2.45, 2.75) is 25.4 Å². The zero-order valence-corrected chi connectivity index (χ0v) is 19.9. The van der Waals surface area contributed by atoms with Crippen molar-refractivity contribution < 1.29 is 18.6 Å². The van der Waals surface area contributed by atoms with E-state index in [9.17, 15) is 9.59 Å². The van der Waals surface area contributed by atoms with Gasteiger partial charge in [-0.2, -0.15) is 9.67 Å². The van der Waals surface area contributed by atoms with Crippen molar-refractivity contribution in [1.29, 1.82) is 0 Å². The number of aryl methyl sites for hydroxylation is 2. The van der Waals surface area contributed by atoms with Crippen LogP contribution >= 0.6 is 0 Å². The minimum absolute atomic E-state index is 0.124. The van der Waals surface area contributed by atoms with Crippen molar-refractivity contribution in [3.8, 4) is 11.4 Å². The highest BCUT2D eigenvalue weighted by molar-refractivity contribution is 5.97. The molecule has 1 aliphatic carbocycles. The van der Waals surface area contributed by atoms with Gasteiger partial charge in [0, 0.05) is 24.2 Å². The van der Waals surface area contributed by atoms with E-state index in [4.69, 9.17) is 4.42 Å². The average molecular weight is 496 g/mol. The number of aromatic amines is 1. The number of carbonyl (C=O) groups excluding carboxylic acids is 2. The Morgan fingerprint density at radius 3 is 2.76 bits per heavy atom. The van der Waals surface area contributed by atoms with E-state index in [2.05, 4.69) is 41.8 Å². The minimum Gasteiger partial charge on any atom is -0.404 e. The lowest BCUT2D eigenvalue weighted by atomic mass is 10.0. The first-order valence-electron chi connectivity index (χ1n) is 11.8. The fraction of sp³-hybridized carbons (Fsp3) is 0.192. The fourth-order valence-electron chi connectivity index (χ4n) is 4.61. The van der Waals surface area contributed by atoms with Gasteiger partial charge in [0.05, 0.1) is 6.04 Å². The standard InChI is InChI=1S/C26H22N8O3/c1-34-14-37-23-7-2-15(8-22(23)34)11-27-25(35)20-10-21(29-12-28-20)26(36)32-19-6-4-16-9-17(3-5-18(16)19)24-30-13-31-33-24/h2-3,5,7-10,12-14,19H,4,6,11H2,1H3,(H2-,27,30,31,32,33,35,36)/p+1/t19-/m0/s1. The fourth-order valence-corrected chi connectivity index (χ4v) is 4.61. The van der Waals surface area contributed by atoms with E-state index in [0.717, 1.165) is 46.2 Å². The molecule has 0 radical (unpaired) electrons. The van der Waals surface area contributed by atoms with Gasteiger partial charge in [-0.05, 0) is 41.7 Å². The van der Waals surface area contributed by atoms with Crippen LogP contribution in [0.3, 0.4) is 0 Å². The molecule has 2 amide bonds. The highest BCUT2D eigenvalue weighted by Crippen LogP contribution is 2.33. The largest absolute Gasteiger partial charge is 0.404 e. The highest BCUT2D eigenvalue weighted by atomic mass is 16.3. The van der Waals surface area contributed by atoms with Crippen molar-refractivity contribution in [3.05, 3.63) is 89.6 Å². The van der Waals surface area contributed by atoms with Crippen LogP contribution in [0.1, 0.15) is 50.1 Å². The van der Waals surface area contributed by atoms with Crippen molar-refractivity contribution in [1.82, 2.24) is 35.8 Å². The summed E-state index contributed by atoms with van der Waals surface area (Å²) < 4.78 is 7.31. The summed E-state index contributed by atoms with van der Waals surface area (Å²) in [5.41, 5.74) is 6.04. The maximum absolute atomic E-state index is 13.0. The highest BCUT2D eigenvalue weighted by Gasteiger charge is 2.26. The van der Waals surface area contributed by atoms with E-state index >= 15 is 0 Å². The molecular formula is C26H23N8O3+. The van der Waals surface area contributed by atoms with Crippen molar-refractivity contribution in [2.75, 3.05) is 0 Å². The van der Waals surface area contributed by atoms with Crippen LogP contribution in [0.15, 0.2) is 65.9 Å². The average Bonchev–Trinajstić information content (AvgIpc) is 3.68. The lowest BCUT2D eigenvalue weighted by Gasteiger charge is -2.14. The third-order valence-corrected chi connectivity index (χ3v) is 6.54. The molecule has 0 unspecified atom stereocenters. The molecule has 0 spiro atoms. The van der Waals surface area contributed by atoms with E-state index in [1.54, 1.807) is 6.39 Å². The number of rotatable bonds is 6. The molecule has 0 saturated heterocycles. The Labute approximate surface area is 211 Å². The molecule has 0 bridgehead atoms. The van der Waals surface area contributed by atoms with Crippen LogP contribution in [-0.4, -0.2) is 37.0 Å². The van der Waals surface area contributed by atoms with E-state index in [-0.39, 0.29) is 29.2 Å². The predicted molar refractivity (Wildman–Crippen MR) is 131 cm³/mol. The number of amides is 2. The number of carbonyl (C=O) groups is 2.